The third kappa shape index (κ3) is 5.17. The smallest absolute Gasteiger partial charge is 0.261 e. The molecule has 1 aliphatic heterocycles. The highest BCUT2D eigenvalue weighted by molar-refractivity contribution is 7.16. The minimum atomic E-state index is -0.419. The van der Waals surface area contributed by atoms with Crippen molar-refractivity contribution < 1.29 is 14.6 Å². The van der Waals surface area contributed by atoms with Gasteiger partial charge in [0, 0.05) is 41.7 Å². The normalized spacial score (nSPS) is 14.4. The molecule has 0 spiro atoms. The van der Waals surface area contributed by atoms with Gasteiger partial charge in [0.2, 0.25) is 0 Å². The molecule has 0 radical (unpaired) electrons. The Morgan fingerprint density at radius 1 is 1.16 bits per heavy atom. The highest BCUT2D eigenvalue weighted by Crippen LogP contribution is 2.32. The Bertz CT molecular complexity index is 1170. The second-order valence-corrected chi connectivity index (χ2v) is 8.67. The topological polar surface area (TPSA) is 85.6 Å². The van der Waals surface area contributed by atoms with Crippen molar-refractivity contribution in [3.8, 4) is 16.5 Å². The molecule has 164 valence electrons. The number of benzene rings is 2. The van der Waals surface area contributed by atoms with Crippen LogP contribution in [-0.4, -0.2) is 50.5 Å². The molecule has 2 aromatic carbocycles. The van der Waals surface area contributed by atoms with Crippen LogP contribution < -0.4 is 10.2 Å². The van der Waals surface area contributed by atoms with Crippen molar-refractivity contribution in [1.29, 1.82) is 5.26 Å². The fourth-order valence-corrected chi connectivity index (χ4v) is 4.60. The molecule has 0 saturated carbocycles. The Morgan fingerprint density at radius 3 is 2.72 bits per heavy atom. The average Bonchev–Trinajstić information content (AvgIpc) is 3.31. The van der Waals surface area contributed by atoms with Gasteiger partial charge in [-0.15, -0.1) is 11.3 Å². The molecule has 2 heterocycles. The van der Waals surface area contributed by atoms with E-state index < -0.39 is 5.91 Å². The van der Waals surface area contributed by atoms with Gasteiger partial charge < -0.3 is 20.1 Å². The Balaban J connectivity index is 1.52. The first kappa shape index (κ1) is 22.0. The van der Waals surface area contributed by atoms with Gasteiger partial charge >= 0.3 is 0 Å². The summed E-state index contributed by atoms with van der Waals surface area (Å²) in [5, 5.41) is 23.2. The van der Waals surface area contributed by atoms with Crippen LogP contribution in [0.4, 0.5) is 5.69 Å². The number of hydrogen-bond donors (Lipinski definition) is 2. The minimum Gasteiger partial charge on any atom is -0.396 e. The first-order chi connectivity index (χ1) is 15.7. The zero-order chi connectivity index (χ0) is 22.3. The number of carbonyl (C=O) groups excluding carboxylic acids is 1. The Hall–Kier alpha value is -3.18. The second kappa shape index (κ2) is 10.4. The Kier molecular flexibility index (Phi) is 7.17. The molecule has 0 aliphatic carbocycles. The lowest BCUT2D eigenvalue weighted by Crippen LogP contribution is -2.36. The molecule has 3 aromatic rings. The van der Waals surface area contributed by atoms with Crippen LogP contribution in [0, 0.1) is 11.3 Å². The van der Waals surface area contributed by atoms with E-state index in [4.69, 9.17) is 9.84 Å². The molecule has 2 N–H and O–H groups in total. The summed E-state index contributed by atoms with van der Waals surface area (Å²) >= 11 is 1.54. The molecule has 7 heteroatoms. The lowest BCUT2D eigenvalue weighted by Gasteiger charge is -2.29. The number of rotatable bonds is 7. The van der Waals surface area contributed by atoms with Crippen molar-refractivity contribution in [3.63, 3.8) is 0 Å². The largest absolute Gasteiger partial charge is 0.396 e. The number of nitrogens with zero attached hydrogens (tertiary/aromatic N) is 2. The van der Waals surface area contributed by atoms with E-state index in [1.807, 2.05) is 18.2 Å². The van der Waals surface area contributed by atoms with Gasteiger partial charge in [-0.2, -0.15) is 5.26 Å². The Labute approximate surface area is 191 Å². The van der Waals surface area contributed by atoms with Crippen LogP contribution in [0.15, 0.2) is 54.1 Å². The number of nitrogens with one attached hydrogen (secondary N) is 1. The molecule has 1 amide bonds. The fourth-order valence-electron chi connectivity index (χ4n) is 3.66. The predicted molar refractivity (Wildman–Crippen MR) is 129 cm³/mol. The van der Waals surface area contributed by atoms with Gasteiger partial charge in [-0.05, 0) is 59.2 Å². The zero-order valence-corrected chi connectivity index (χ0v) is 18.5. The molecular weight excluding hydrogens is 422 g/mol. The monoisotopic (exact) mass is 447 g/mol. The Morgan fingerprint density at radius 2 is 1.94 bits per heavy atom. The van der Waals surface area contributed by atoms with Crippen molar-refractivity contribution >= 4 is 39.8 Å². The first-order valence-electron chi connectivity index (χ1n) is 10.7. The molecule has 1 aromatic heterocycles. The summed E-state index contributed by atoms with van der Waals surface area (Å²) in [6.07, 6.45) is 2.07. The zero-order valence-electron chi connectivity index (χ0n) is 17.7. The number of anilines is 1. The van der Waals surface area contributed by atoms with Crippen LogP contribution in [-0.2, 0) is 9.53 Å². The van der Waals surface area contributed by atoms with Crippen LogP contribution in [0.3, 0.4) is 0 Å². The average molecular weight is 448 g/mol. The quantitative estimate of drug-likeness (QED) is 0.327. The number of nitriles is 1. The van der Waals surface area contributed by atoms with Gasteiger partial charge in [-0.1, -0.05) is 18.2 Å². The van der Waals surface area contributed by atoms with Gasteiger partial charge in [0.05, 0.1) is 13.2 Å². The third-order valence-corrected chi connectivity index (χ3v) is 6.46. The molecular formula is C25H25N3O3S. The van der Waals surface area contributed by atoms with E-state index in [-0.39, 0.29) is 12.2 Å². The molecule has 4 rings (SSSR count). The number of morpholine rings is 1. The fraction of sp³-hybridized carbons (Fsp3) is 0.280. The lowest BCUT2D eigenvalue weighted by atomic mass is 10.0. The number of hydrogen-bond acceptors (Lipinski definition) is 6. The molecule has 6 nitrogen and oxygen atoms in total. The number of ether oxygens (including phenoxy) is 1. The van der Waals surface area contributed by atoms with Crippen molar-refractivity contribution in [1.82, 2.24) is 5.32 Å². The lowest BCUT2D eigenvalue weighted by molar-refractivity contribution is -0.117. The summed E-state index contributed by atoms with van der Waals surface area (Å²) in [4.78, 5) is 16.4. The van der Waals surface area contributed by atoms with Gasteiger partial charge in [-0.25, -0.2) is 0 Å². The summed E-state index contributed by atoms with van der Waals surface area (Å²) in [6.45, 7) is 3.71. The maximum absolute atomic E-state index is 12.1. The van der Waals surface area contributed by atoms with Crippen molar-refractivity contribution in [3.05, 3.63) is 59.0 Å². The van der Waals surface area contributed by atoms with E-state index in [0.717, 1.165) is 41.6 Å². The predicted octanol–water partition coefficient (Wildman–Crippen LogP) is 3.81. The third-order valence-electron chi connectivity index (χ3n) is 5.38. The van der Waals surface area contributed by atoms with E-state index in [2.05, 4.69) is 46.6 Å². The molecule has 1 fully saturated rings. The molecule has 0 bridgehead atoms. The van der Waals surface area contributed by atoms with E-state index in [9.17, 15) is 10.1 Å². The van der Waals surface area contributed by atoms with E-state index in [1.165, 1.54) is 16.5 Å². The molecule has 1 saturated heterocycles. The van der Waals surface area contributed by atoms with Gasteiger partial charge in [0.1, 0.15) is 11.6 Å². The highest BCUT2D eigenvalue weighted by Gasteiger charge is 2.12. The number of aliphatic hydroxyl groups excluding tert-OH is 1. The van der Waals surface area contributed by atoms with E-state index >= 15 is 0 Å². The van der Waals surface area contributed by atoms with E-state index in [1.54, 1.807) is 17.4 Å². The molecule has 0 unspecified atom stereocenters. The standard InChI is InChI=1S/C25H25N3O3S/c26-17-21(25(30)27-8-1-11-29)16-23-6-7-24(32-23)20-3-2-19-15-22(5-4-18(19)14-20)28-9-12-31-13-10-28/h2-7,14-16,29H,1,8-13H2,(H,27,30)/b21-16+. The van der Waals surface area contributed by atoms with Crippen molar-refractivity contribution in [2.75, 3.05) is 44.4 Å². The number of fused-ring (bicyclic) bond motifs is 1. The first-order valence-corrected chi connectivity index (χ1v) is 11.5. The number of amides is 1. The number of thiophene rings is 1. The summed E-state index contributed by atoms with van der Waals surface area (Å²) in [5.41, 5.74) is 2.39. The maximum atomic E-state index is 12.1. The molecule has 1 aliphatic rings. The van der Waals surface area contributed by atoms with Crippen molar-refractivity contribution in [2.24, 2.45) is 0 Å². The van der Waals surface area contributed by atoms with Crippen LogP contribution in [0.1, 0.15) is 11.3 Å². The van der Waals surface area contributed by atoms with Gasteiger partial charge in [0.25, 0.3) is 5.91 Å². The van der Waals surface area contributed by atoms with Crippen LogP contribution in [0.2, 0.25) is 0 Å². The van der Waals surface area contributed by atoms with Crippen molar-refractivity contribution in [2.45, 2.75) is 6.42 Å². The SMILES string of the molecule is N#C/C(=C\c1ccc(-c2ccc3cc(N4CCOCC4)ccc3c2)s1)C(=O)NCCCO. The number of aliphatic hydroxyl groups is 1. The van der Waals surface area contributed by atoms with Gasteiger partial charge in [-0.3, -0.25) is 4.79 Å². The van der Waals surface area contributed by atoms with Crippen LogP contribution in [0.5, 0.6) is 0 Å². The maximum Gasteiger partial charge on any atom is 0.261 e. The van der Waals surface area contributed by atoms with Crippen LogP contribution >= 0.6 is 11.3 Å². The van der Waals surface area contributed by atoms with Gasteiger partial charge in [0.15, 0.2) is 0 Å². The summed E-state index contributed by atoms with van der Waals surface area (Å²) in [5.74, 6) is -0.419. The van der Waals surface area contributed by atoms with E-state index in [0.29, 0.717) is 13.0 Å². The second-order valence-electron chi connectivity index (χ2n) is 7.55. The minimum absolute atomic E-state index is 0.000449. The molecule has 32 heavy (non-hydrogen) atoms. The number of carbonyl (C=O) groups is 1. The highest BCUT2D eigenvalue weighted by atomic mass is 32.1. The summed E-state index contributed by atoms with van der Waals surface area (Å²) < 4.78 is 5.45. The van der Waals surface area contributed by atoms with Crippen LogP contribution in [0.25, 0.3) is 27.3 Å². The molecule has 0 atom stereocenters. The summed E-state index contributed by atoms with van der Waals surface area (Å²) in [6, 6.07) is 18.9. The summed E-state index contributed by atoms with van der Waals surface area (Å²) in [7, 11) is 0.